The molecular weight excluding hydrogens is 796 g/mol. The summed E-state index contributed by atoms with van der Waals surface area (Å²) in [5, 5.41) is 4.83. The third-order valence-electron chi connectivity index (χ3n) is 9.58. The van der Waals surface area contributed by atoms with Crippen LogP contribution >= 0.6 is 0 Å². The molecule has 9 aromatic rings. The van der Waals surface area contributed by atoms with Gasteiger partial charge in [-0.2, -0.15) is 6.07 Å². The van der Waals surface area contributed by atoms with Crippen LogP contribution in [0.3, 0.4) is 0 Å². The average molecular weight is 828 g/mol. The van der Waals surface area contributed by atoms with Crippen LogP contribution in [0.25, 0.3) is 66.4 Å². The van der Waals surface area contributed by atoms with Crippen LogP contribution in [0.4, 0.5) is 0 Å². The molecule has 0 saturated carbocycles. The molecule has 5 aromatic carbocycles. The smallest absolute Gasteiger partial charge is 0.503 e. The van der Waals surface area contributed by atoms with Crippen LogP contribution in [-0.4, -0.2) is 19.1 Å². The molecule has 0 N–H and O–H groups in total. The van der Waals surface area contributed by atoms with Crippen molar-refractivity contribution in [1.29, 1.82) is 0 Å². The molecule has 9 rings (SSSR count). The van der Waals surface area contributed by atoms with E-state index in [9.17, 15) is 0 Å². The Labute approximate surface area is 305 Å². The molecule has 0 amide bonds. The molecule has 0 saturated heterocycles. The van der Waals surface area contributed by atoms with Crippen molar-refractivity contribution in [3.05, 3.63) is 156 Å². The molecule has 6 heteroatoms. The van der Waals surface area contributed by atoms with Gasteiger partial charge in [-0.05, 0) is 79.2 Å². The van der Waals surface area contributed by atoms with Crippen molar-refractivity contribution in [2.24, 2.45) is 0 Å². The molecular formula is C44H32N4OPt. The number of benzene rings is 5. The Morgan fingerprint density at radius 1 is 0.560 bits per heavy atom. The molecule has 0 radical (unpaired) electrons. The summed E-state index contributed by atoms with van der Waals surface area (Å²) in [5.41, 5.74) is 12.2. The second-order valence-corrected chi connectivity index (χ2v) is 12.7. The van der Waals surface area contributed by atoms with Gasteiger partial charge in [0.05, 0.1) is 16.7 Å². The van der Waals surface area contributed by atoms with Gasteiger partial charge in [0, 0.05) is 46.2 Å². The zero-order valence-electron chi connectivity index (χ0n) is 28.1. The number of aromatic nitrogens is 4. The van der Waals surface area contributed by atoms with Gasteiger partial charge in [-0.1, -0.05) is 66.2 Å². The van der Waals surface area contributed by atoms with Crippen LogP contribution in [0, 0.1) is 39.8 Å². The van der Waals surface area contributed by atoms with E-state index >= 15 is 0 Å². The summed E-state index contributed by atoms with van der Waals surface area (Å²) in [7, 11) is 0. The normalized spacial score (nSPS) is 11.4. The number of para-hydroxylation sites is 1. The zero-order valence-corrected chi connectivity index (χ0v) is 30.3. The molecule has 0 unspecified atom stereocenters. The minimum absolute atomic E-state index is 0. The van der Waals surface area contributed by atoms with Gasteiger partial charge in [0.2, 0.25) is 0 Å². The number of rotatable bonds is 5. The number of fused-ring (bicyclic) bond motifs is 6. The van der Waals surface area contributed by atoms with Crippen LogP contribution in [0.2, 0.25) is 0 Å². The van der Waals surface area contributed by atoms with Crippen LogP contribution in [0.5, 0.6) is 11.5 Å². The second-order valence-electron chi connectivity index (χ2n) is 12.7. The van der Waals surface area contributed by atoms with Crippen LogP contribution in [0.15, 0.2) is 122 Å². The first-order valence-electron chi connectivity index (χ1n) is 16.5. The molecule has 0 bridgehead atoms. The van der Waals surface area contributed by atoms with Gasteiger partial charge in [0.1, 0.15) is 5.82 Å². The van der Waals surface area contributed by atoms with E-state index in [1.165, 1.54) is 44.1 Å². The van der Waals surface area contributed by atoms with Gasteiger partial charge in [-0.15, -0.1) is 41.3 Å². The molecule has 5 nitrogen and oxygen atoms in total. The average Bonchev–Trinajstić information content (AvgIpc) is 3.68. The third kappa shape index (κ3) is 5.04. The summed E-state index contributed by atoms with van der Waals surface area (Å²) in [6, 6.07) is 44.4. The molecule has 0 spiro atoms. The Balaban J connectivity index is 0.00000361. The number of nitrogens with zero attached hydrogens (tertiary/aromatic N) is 4. The number of aryl methyl sites for hydroxylation is 4. The molecule has 4 aromatic heterocycles. The van der Waals surface area contributed by atoms with E-state index in [1.807, 2.05) is 48.7 Å². The summed E-state index contributed by atoms with van der Waals surface area (Å²) >= 11 is 0. The molecule has 0 aliphatic carbocycles. The van der Waals surface area contributed by atoms with E-state index in [1.54, 1.807) is 6.20 Å². The van der Waals surface area contributed by atoms with E-state index in [4.69, 9.17) is 9.72 Å². The van der Waals surface area contributed by atoms with Crippen molar-refractivity contribution in [3.8, 4) is 34.3 Å². The van der Waals surface area contributed by atoms with Crippen molar-refractivity contribution >= 4 is 43.6 Å². The zero-order chi connectivity index (χ0) is 33.2. The molecule has 0 fully saturated rings. The monoisotopic (exact) mass is 827 g/mol. The fraction of sp³-hybridized carbons (Fsp3) is 0.0909. The van der Waals surface area contributed by atoms with Crippen molar-refractivity contribution in [2.75, 3.05) is 0 Å². The van der Waals surface area contributed by atoms with E-state index in [0.717, 1.165) is 44.6 Å². The molecule has 0 atom stereocenters. The van der Waals surface area contributed by atoms with Crippen LogP contribution in [-0.2, 0) is 21.1 Å². The van der Waals surface area contributed by atoms with Gasteiger partial charge in [-0.3, -0.25) is 0 Å². The van der Waals surface area contributed by atoms with E-state index < -0.39 is 0 Å². The van der Waals surface area contributed by atoms with Crippen molar-refractivity contribution in [1.82, 2.24) is 19.1 Å². The predicted octanol–water partition coefficient (Wildman–Crippen LogP) is 11.0. The second kappa shape index (κ2) is 12.4. The number of ether oxygens (including phenoxy) is 1. The summed E-state index contributed by atoms with van der Waals surface area (Å²) in [6.07, 6.45) is 3.70. The topological polar surface area (TPSA) is 44.9 Å². The minimum atomic E-state index is 0. The molecule has 244 valence electrons. The maximum Gasteiger partial charge on any atom is 2.00 e. The maximum atomic E-state index is 6.39. The number of hydrogen-bond acceptors (Lipinski definition) is 3. The largest absolute Gasteiger partial charge is 2.00 e. The summed E-state index contributed by atoms with van der Waals surface area (Å²) in [5.74, 6) is 2.01. The van der Waals surface area contributed by atoms with Crippen LogP contribution < -0.4 is 4.74 Å². The Bertz CT molecular complexity index is 2680. The number of hydrogen-bond donors (Lipinski definition) is 0. The first-order valence-corrected chi connectivity index (χ1v) is 16.5. The Kier molecular flexibility index (Phi) is 7.89. The van der Waals surface area contributed by atoms with E-state index in [0.29, 0.717) is 11.5 Å². The summed E-state index contributed by atoms with van der Waals surface area (Å²) < 4.78 is 11.0. The van der Waals surface area contributed by atoms with Gasteiger partial charge >= 0.3 is 21.1 Å². The van der Waals surface area contributed by atoms with Crippen molar-refractivity contribution in [2.45, 2.75) is 27.7 Å². The fourth-order valence-corrected chi connectivity index (χ4v) is 7.31. The summed E-state index contributed by atoms with van der Waals surface area (Å²) in [4.78, 5) is 9.44. The Hall–Kier alpha value is -5.51. The first-order chi connectivity index (χ1) is 24.0. The fourth-order valence-electron chi connectivity index (χ4n) is 7.31. The molecule has 4 heterocycles. The maximum absolute atomic E-state index is 6.39. The molecule has 50 heavy (non-hydrogen) atoms. The Morgan fingerprint density at radius 2 is 1.26 bits per heavy atom. The van der Waals surface area contributed by atoms with Gasteiger partial charge < -0.3 is 18.9 Å². The van der Waals surface area contributed by atoms with Gasteiger partial charge in [0.25, 0.3) is 0 Å². The molecule has 0 aliphatic heterocycles. The SMILES string of the molecule is Cc1ccc(C)c2c1c1c(C)ccc(C)c1n2-c1ccnc(-n2c3[c-]c(Oc4[c-]c(-c5ccccn5)ccc4)ccc3c3ccccc32)c1.[Pt+2]. The minimum Gasteiger partial charge on any atom is -0.503 e. The quantitative estimate of drug-likeness (QED) is 0.162. The van der Waals surface area contributed by atoms with E-state index in [-0.39, 0.29) is 21.1 Å². The predicted molar refractivity (Wildman–Crippen MR) is 199 cm³/mol. The standard InChI is InChI=1S/C44H32N4O.Pt/c1-27-15-17-29(3)43-41(27)42-28(2)16-18-30(4)44(42)47(43)32-21-23-46-40(25-32)48-38-14-6-5-12-35(38)36-20-19-34(26-39(36)48)49-33-11-9-10-31(24-33)37-13-7-8-22-45-37;/h5-23,25H,1-4H3;/q-2;+2. The van der Waals surface area contributed by atoms with Crippen molar-refractivity contribution < 1.29 is 25.8 Å². The summed E-state index contributed by atoms with van der Waals surface area (Å²) in [6.45, 7) is 8.84. The molecule has 0 aliphatic rings. The van der Waals surface area contributed by atoms with Crippen LogP contribution in [0.1, 0.15) is 22.3 Å². The third-order valence-corrected chi connectivity index (χ3v) is 9.58. The van der Waals surface area contributed by atoms with Crippen molar-refractivity contribution in [3.63, 3.8) is 0 Å². The van der Waals surface area contributed by atoms with Gasteiger partial charge in [-0.25, -0.2) is 4.98 Å². The van der Waals surface area contributed by atoms with Gasteiger partial charge in [0.15, 0.2) is 0 Å². The Morgan fingerprint density at radius 3 is 2.00 bits per heavy atom. The number of pyridine rings is 2. The first kappa shape index (κ1) is 31.7. The van der Waals surface area contributed by atoms with E-state index in [2.05, 4.69) is 121 Å².